The first kappa shape index (κ1) is 21.0. The number of para-hydroxylation sites is 1. The Morgan fingerprint density at radius 2 is 1.90 bits per heavy atom. The molecule has 2 heterocycles. The lowest BCUT2D eigenvalue weighted by molar-refractivity contribution is 0.173. The van der Waals surface area contributed by atoms with Gasteiger partial charge >= 0.3 is 6.03 Å². The molecule has 2 aromatic rings. The summed E-state index contributed by atoms with van der Waals surface area (Å²) in [5.41, 5.74) is 2.14. The van der Waals surface area contributed by atoms with Crippen LogP contribution in [0.15, 0.2) is 48.5 Å². The number of ether oxygens (including phenoxy) is 1. The summed E-state index contributed by atoms with van der Waals surface area (Å²) in [5, 5.41) is 3.97. The van der Waals surface area contributed by atoms with Gasteiger partial charge in [0, 0.05) is 23.8 Å². The van der Waals surface area contributed by atoms with E-state index in [1.54, 1.807) is 0 Å². The fourth-order valence-corrected chi connectivity index (χ4v) is 4.69. The van der Waals surface area contributed by atoms with Crippen molar-refractivity contribution >= 4 is 23.3 Å². The highest BCUT2D eigenvalue weighted by atomic mass is 35.5. The SMILES string of the molecule is CCOc1ccc(Cl)c(CC2CCN(CC3CN(c4ccccc4)C(=O)N3)CC2)c1. The third-order valence-electron chi connectivity index (χ3n) is 6.07. The van der Waals surface area contributed by atoms with Crippen molar-refractivity contribution in [3.8, 4) is 5.75 Å². The number of hydrogen-bond donors (Lipinski definition) is 1. The third-order valence-corrected chi connectivity index (χ3v) is 6.43. The minimum atomic E-state index is 0.00454. The average Bonchev–Trinajstić information content (AvgIpc) is 3.13. The van der Waals surface area contributed by atoms with Gasteiger partial charge in [-0.25, -0.2) is 4.79 Å². The largest absolute Gasteiger partial charge is 0.494 e. The molecule has 2 amide bonds. The molecule has 5 nitrogen and oxygen atoms in total. The Morgan fingerprint density at radius 3 is 2.63 bits per heavy atom. The Bertz CT molecular complexity index is 853. The molecule has 1 N–H and O–H groups in total. The van der Waals surface area contributed by atoms with Gasteiger partial charge in [-0.1, -0.05) is 29.8 Å². The van der Waals surface area contributed by atoms with Gasteiger partial charge in [-0.2, -0.15) is 0 Å². The molecule has 160 valence electrons. The number of rotatable bonds is 7. The van der Waals surface area contributed by atoms with Crippen molar-refractivity contribution in [2.24, 2.45) is 5.92 Å². The molecule has 2 aliphatic heterocycles. The summed E-state index contributed by atoms with van der Waals surface area (Å²) < 4.78 is 5.63. The van der Waals surface area contributed by atoms with Crippen molar-refractivity contribution < 1.29 is 9.53 Å². The Hall–Kier alpha value is -2.24. The molecular formula is C24H30ClN3O2. The summed E-state index contributed by atoms with van der Waals surface area (Å²) in [7, 11) is 0. The molecule has 4 rings (SSSR count). The molecule has 0 aromatic heterocycles. The Balaban J connectivity index is 1.26. The molecule has 2 fully saturated rings. The summed E-state index contributed by atoms with van der Waals surface area (Å²) in [5.74, 6) is 1.53. The number of nitrogens with one attached hydrogen (secondary N) is 1. The number of nitrogens with zero attached hydrogens (tertiary/aromatic N) is 2. The summed E-state index contributed by atoms with van der Waals surface area (Å²) in [6, 6.07) is 16.0. The van der Waals surface area contributed by atoms with Crippen LogP contribution in [0.4, 0.5) is 10.5 Å². The fourth-order valence-electron chi connectivity index (χ4n) is 4.50. The number of carbonyl (C=O) groups is 1. The number of benzene rings is 2. The first-order chi connectivity index (χ1) is 14.6. The van der Waals surface area contributed by atoms with Gasteiger partial charge in [0.2, 0.25) is 0 Å². The zero-order valence-electron chi connectivity index (χ0n) is 17.5. The molecule has 2 aliphatic rings. The molecular weight excluding hydrogens is 398 g/mol. The summed E-state index contributed by atoms with van der Waals surface area (Å²) in [6.07, 6.45) is 3.30. The van der Waals surface area contributed by atoms with Gasteiger partial charge in [0.15, 0.2) is 0 Å². The number of likely N-dealkylation sites (tertiary alicyclic amines) is 1. The normalized spacial score (nSPS) is 20.4. The maximum absolute atomic E-state index is 12.4. The molecule has 0 saturated carbocycles. The highest BCUT2D eigenvalue weighted by molar-refractivity contribution is 6.31. The van der Waals surface area contributed by atoms with E-state index in [2.05, 4.69) is 16.3 Å². The van der Waals surface area contributed by atoms with Gasteiger partial charge in [-0.15, -0.1) is 0 Å². The van der Waals surface area contributed by atoms with Crippen LogP contribution >= 0.6 is 11.6 Å². The predicted octanol–water partition coefficient (Wildman–Crippen LogP) is 4.59. The van der Waals surface area contributed by atoms with Crippen LogP contribution in [0.25, 0.3) is 0 Å². The lowest BCUT2D eigenvalue weighted by Gasteiger charge is -2.33. The maximum Gasteiger partial charge on any atom is 0.322 e. The van der Waals surface area contributed by atoms with Gasteiger partial charge in [0.1, 0.15) is 5.75 Å². The lowest BCUT2D eigenvalue weighted by Crippen LogP contribution is -2.43. The van der Waals surface area contributed by atoms with Gasteiger partial charge in [-0.3, -0.25) is 4.90 Å². The predicted molar refractivity (Wildman–Crippen MR) is 122 cm³/mol. The Labute approximate surface area is 184 Å². The highest BCUT2D eigenvalue weighted by Gasteiger charge is 2.32. The lowest BCUT2D eigenvalue weighted by atomic mass is 9.90. The van der Waals surface area contributed by atoms with E-state index in [-0.39, 0.29) is 12.1 Å². The molecule has 0 aliphatic carbocycles. The van der Waals surface area contributed by atoms with Crippen LogP contribution in [-0.4, -0.2) is 49.8 Å². The number of urea groups is 1. The summed E-state index contributed by atoms with van der Waals surface area (Å²) in [4.78, 5) is 16.7. The van der Waals surface area contributed by atoms with Crippen molar-refractivity contribution in [1.82, 2.24) is 10.2 Å². The van der Waals surface area contributed by atoms with Crippen molar-refractivity contribution in [1.29, 1.82) is 0 Å². The van der Waals surface area contributed by atoms with E-state index in [0.717, 1.165) is 61.9 Å². The van der Waals surface area contributed by atoms with Crippen molar-refractivity contribution in [2.45, 2.75) is 32.2 Å². The smallest absolute Gasteiger partial charge is 0.322 e. The number of hydrogen-bond acceptors (Lipinski definition) is 3. The second-order valence-electron chi connectivity index (χ2n) is 8.23. The first-order valence-electron chi connectivity index (χ1n) is 10.9. The van der Waals surface area contributed by atoms with Crippen molar-refractivity contribution in [3.05, 3.63) is 59.1 Å². The van der Waals surface area contributed by atoms with Gasteiger partial charge in [0.25, 0.3) is 0 Å². The zero-order valence-corrected chi connectivity index (χ0v) is 18.3. The van der Waals surface area contributed by atoms with E-state index >= 15 is 0 Å². The first-order valence-corrected chi connectivity index (χ1v) is 11.3. The molecule has 2 aromatic carbocycles. The highest BCUT2D eigenvalue weighted by Crippen LogP contribution is 2.29. The standard InChI is InChI=1S/C24H30ClN3O2/c1-2-30-22-8-9-23(25)19(15-22)14-18-10-12-27(13-11-18)16-20-17-28(24(29)26-20)21-6-4-3-5-7-21/h3-9,15,18,20H,2,10-14,16-17H2,1H3,(H,26,29). The van der Waals surface area contributed by atoms with Crippen LogP contribution in [0.5, 0.6) is 5.75 Å². The molecule has 0 radical (unpaired) electrons. The molecule has 0 spiro atoms. The second kappa shape index (κ2) is 9.71. The minimum absolute atomic E-state index is 0.00454. The Kier molecular flexibility index (Phi) is 6.80. The van der Waals surface area contributed by atoms with Crippen molar-refractivity contribution in [3.63, 3.8) is 0 Å². The van der Waals surface area contributed by atoms with Crippen LogP contribution in [0.1, 0.15) is 25.3 Å². The van der Waals surface area contributed by atoms with E-state index in [1.807, 2.05) is 54.3 Å². The van der Waals surface area contributed by atoms with Crippen LogP contribution in [0, 0.1) is 5.92 Å². The van der Waals surface area contributed by atoms with E-state index in [1.165, 1.54) is 5.56 Å². The van der Waals surface area contributed by atoms with E-state index < -0.39 is 0 Å². The van der Waals surface area contributed by atoms with Gasteiger partial charge in [0.05, 0.1) is 12.6 Å². The van der Waals surface area contributed by atoms with Crippen LogP contribution in [0.2, 0.25) is 5.02 Å². The van der Waals surface area contributed by atoms with Crippen LogP contribution in [0.3, 0.4) is 0 Å². The van der Waals surface area contributed by atoms with Crippen molar-refractivity contribution in [2.75, 3.05) is 37.7 Å². The molecule has 2 saturated heterocycles. The maximum atomic E-state index is 12.4. The molecule has 30 heavy (non-hydrogen) atoms. The zero-order chi connectivity index (χ0) is 20.9. The molecule has 6 heteroatoms. The van der Waals surface area contributed by atoms with E-state index in [9.17, 15) is 4.79 Å². The van der Waals surface area contributed by atoms with Crippen LogP contribution < -0.4 is 15.0 Å². The van der Waals surface area contributed by atoms with Crippen LogP contribution in [-0.2, 0) is 6.42 Å². The second-order valence-corrected chi connectivity index (χ2v) is 8.63. The topological polar surface area (TPSA) is 44.8 Å². The fraction of sp³-hybridized carbons (Fsp3) is 0.458. The number of carbonyl (C=O) groups excluding carboxylic acids is 1. The number of halogens is 1. The molecule has 1 unspecified atom stereocenters. The number of piperidine rings is 1. The van der Waals surface area contributed by atoms with E-state index in [4.69, 9.17) is 16.3 Å². The molecule has 1 atom stereocenters. The van der Waals surface area contributed by atoms with Gasteiger partial charge < -0.3 is 15.0 Å². The monoisotopic (exact) mass is 427 g/mol. The summed E-state index contributed by atoms with van der Waals surface area (Å²) in [6.45, 7) is 6.41. The number of anilines is 1. The quantitative estimate of drug-likeness (QED) is 0.702. The minimum Gasteiger partial charge on any atom is -0.494 e. The summed E-state index contributed by atoms with van der Waals surface area (Å²) >= 11 is 6.42. The van der Waals surface area contributed by atoms with Gasteiger partial charge in [-0.05, 0) is 81.1 Å². The number of amides is 2. The molecule has 0 bridgehead atoms. The average molecular weight is 428 g/mol. The van der Waals surface area contributed by atoms with E-state index in [0.29, 0.717) is 12.5 Å². The Morgan fingerprint density at radius 1 is 1.13 bits per heavy atom. The third kappa shape index (κ3) is 5.08.